The lowest BCUT2D eigenvalue weighted by Crippen LogP contribution is -2.14. The zero-order chi connectivity index (χ0) is 19.1. The quantitative estimate of drug-likeness (QED) is 0.342. The molecule has 0 aliphatic rings. The Morgan fingerprint density at radius 2 is 1.81 bits per heavy atom. The van der Waals surface area contributed by atoms with Gasteiger partial charge in [-0.1, -0.05) is 48.0 Å². The number of hydroxylamine groups is 1. The van der Waals surface area contributed by atoms with Gasteiger partial charge in [0.2, 0.25) is 5.95 Å². The predicted molar refractivity (Wildman–Crippen MR) is 105 cm³/mol. The first-order chi connectivity index (χ1) is 13.1. The molecule has 0 atom stereocenters. The number of carbonyl (C=O) groups excluding carboxylic acids is 1. The molecule has 1 aromatic heterocycles. The van der Waals surface area contributed by atoms with E-state index in [0.717, 1.165) is 22.4 Å². The minimum absolute atomic E-state index is 0.533. The summed E-state index contributed by atoms with van der Waals surface area (Å²) in [6.45, 7) is 0.561. The van der Waals surface area contributed by atoms with E-state index in [4.69, 9.17) is 16.8 Å². The Hall–Kier alpha value is -3.22. The van der Waals surface area contributed by atoms with Crippen LogP contribution in [0.5, 0.6) is 0 Å². The molecular formula is C20H17ClN4O2. The maximum Gasteiger partial charge on any atom is 0.267 e. The highest BCUT2D eigenvalue weighted by molar-refractivity contribution is 6.30. The number of hydrogen-bond acceptors (Lipinski definition) is 5. The molecule has 0 radical (unpaired) electrons. The fourth-order valence-electron chi connectivity index (χ4n) is 2.36. The van der Waals surface area contributed by atoms with E-state index in [2.05, 4.69) is 15.3 Å². The summed E-state index contributed by atoms with van der Waals surface area (Å²) in [5.74, 6) is -0.0375. The van der Waals surface area contributed by atoms with Crippen molar-refractivity contribution in [2.45, 2.75) is 6.54 Å². The third-order valence-corrected chi connectivity index (χ3v) is 4.02. The summed E-state index contributed by atoms with van der Waals surface area (Å²) in [4.78, 5) is 19.7. The fraction of sp³-hybridized carbons (Fsp3) is 0.0500. The van der Waals surface area contributed by atoms with E-state index in [1.165, 1.54) is 6.08 Å². The van der Waals surface area contributed by atoms with E-state index >= 15 is 0 Å². The first-order valence-corrected chi connectivity index (χ1v) is 8.56. The van der Waals surface area contributed by atoms with Gasteiger partial charge in [-0.2, -0.15) is 0 Å². The Labute approximate surface area is 161 Å². The normalized spacial score (nSPS) is 10.7. The molecule has 0 saturated carbocycles. The third-order valence-electron chi connectivity index (χ3n) is 3.76. The van der Waals surface area contributed by atoms with Crippen molar-refractivity contribution in [2.24, 2.45) is 0 Å². The second-order valence-electron chi connectivity index (χ2n) is 5.68. The second kappa shape index (κ2) is 8.93. The molecule has 27 heavy (non-hydrogen) atoms. The zero-order valence-electron chi connectivity index (χ0n) is 14.3. The van der Waals surface area contributed by atoms with Gasteiger partial charge >= 0.3 is 0 Å². The van der Waals surface area contributed by atoms with Gasteiger partial charge in [0.15, 0.2) is 0 Å². The minimum Gasteiger partial charge on any atom is -0.350 e. The maximum absolute atomic E-state index is 11.0. The largest absolute Gasteiger partial charge is 0.350 e. The number of amides is 1. The molecule has 2 aromatic carbocycles. The van der Waals surface area contributed by atoms with Crippen LogP contribution >= 0.6 is 11.6 Å². The number of carbonyl (C=O) groups is 1. The van der Waals surface area contributed by atoms with Crippen LogP contribution in [0, 0.1) is 0 Å². The summed E-state index contributed by atoms with van der Waals surface area (Å²) >= 11 is 5.92. The molecule has 136 valence electrons. The molecule has 0 saturated heterocycles. The lowest BCUT2D eigenvalue weighted by molar-refractivity contribution is -0.124. The Bertz CT molecular complexity index is 941. The highest BCUT2D eigenvalue weighted by Crippen LogP contribution is 2.20. The summed E-state index contributed by atoms with van der Waals surface area (Å²) in [5.41, 5.74) is 5.22. The van der Waals surface area contributed by atoms with E-state index in [0.29, 0.717) is 17.5 Å². The number of rotatable bonds is 6. The highest BCUT2D eigenvalue weighted by Gasteiger charge is 2.03. The topological polar surface area (TPSA) is 87.1 Å². The van der Waals surface area contributed by atoms with Gasteiger partial charge in [0.1, 0.15) is 0 Å². The summed E-state index contributed by atoms with van der Waals surface area (Å²) < 4.78 is 0. The number of halogens is 1. The molecular weight excluding hydrogens is 364 g/mol. The van der Waals surface area contributed by atoms with Crippen LogP contribution < -0.4 is 10.8 Å². The van der Waals surface area contributed by atoms with Crippen LogP contribution in [0.4, 0.5) is 5.95 Å². The molecule has 0 unspecified atom stereocenters. The molecule has 0 aliphatic carbocycles. The van der Waals surface area contributed by atoms with Gasteiger partial charge in [-0.25, -0.2) is 15.4 Å². The smallest absolute Gasteiger partial charge is 0.267 e. The van der Waals surface area contributed by atoms with Crippen molar-refractivity contribution in [3.05, 3.63) is 83.0 Å². The minimum atomic E-state index is -0.571. The number of nitrogens with one attached hydrogen (secondary N) is 2. The summed E-state index contributed by atoms with van der Waals surface area (Å²) in [6, 6.07) is 17.0. The van der Waals surface area contributed by atoms with Gasteiger partial charge in [0.25, 0.3) is 5.91 Å². The van der Waals surface area contributed by atoms with Gasteiger partial charge in [-0.05, 0) is 35.4 Å². The average Bonchev–Trinajstić information content (AvgIpc) is 2.72. The predicted octanol–water partition coefficient (Wildman–Crippen LogP) is 3.93. The molecule has 1 heterocycles. The second-order valence-corrected chi connectivity index (χ2v) is 6.11. The van der Waals surface area contributed by atoms with Crippen molar-refractivity contribution >= 4 is 29.5 Å². The fourth-order valence-corrected chi connectivity index (χ4v) is 2.49. The molecule has 0 bridgehead atoms. The van der Waals surface area contributed by atoms with Crippen LogP contribution in [0.2, 0.25) is 5.02 Å². The molecule has 0 fully saturated rings. The van der Waals surface area contributed by atoms with Crippen LogP contribution in [0.25, 0.3) is 17.3 Å². The van der Waals surface area contributed by atoms with Crippen molar-refractivity contribution in [2.75, 3.05) is 5.32 Å². The third kappa shape index (κ3) is 5.37. The van der Waals surface area contributed by atoms with E-state index < -0.39 is 5.91 Å². The Kier molecular flexibility index (Phi) is 6.14. The van der Waals surface area contributed by atoms with E-state index in [1.54, 1.807) is 17.8 Å². The number of hydrogen-bond donors (Lipinski definition) is 3. The van der Waals surface area contributed by atoms with Crippen LogP contribution in [0.3, 0.4) is 0 Å². The van der Waals surface area contributed by atoms with Crippen LogP contribution in [0.1, 0.15) is 11.1 Å². The Morgan fingerprint density at radius 1 is 1.07 bits per heavy atom. The van der Waals surface area contributed by atoms with Gasteiger partial charge in [0.05, 0.1) is 5.69 Å². The first kappa shape index (κ1) is 18.6. The highest BCUT2D eigenvalue weighted by atomic mass is 35.5. The molecule has 3 N–H and O–H groups in total. The van der Waals surface area contributed by atoms with Crippen molar-refractivity contribution in [1.82, 2.24) is 15.4 Å². The average molecular weight is 381 g/mol. The molecule has 1 amide bonds. The molecule has 0 aliphatic heterocycles. The standard InChI is InChI=1S/C20H17ClN4O2/c21-17-8-6-16(7-9-17)18-11-12-22-20(24-18)23-13-15-3-1-14(2-4-15)5-10-19(26)25-27/h1-12,27H,13H2,(H,25,26)(H,22,23,24). The number of aromatic nitrogens is 2. The molecule has 7 heteroatoms. The van der Waals surface area contributed by atoms with Crippen LogP contribution in [0.15, 0.2) is 66.9 Å². The van der Waals surface area contributed by atoms with Gasteiger partial charge in [-0.15, -0.1) is 0 Å². The van der Waals surface area contributed by atoms with Crippen molar-refractivity contribution < 1.29 is 10.0 Å². The molecule has 3 rings (SSSR count). The molecule has 3 aromatic rings. The molecule has 0 spiro atoms. The van der Waals surface area contributed by atoms with Crippen molar-refractivity contribution in [3.63, 3.8) is 0 Å². The monoisotopic (exact) mass is 380 g/mol. The van der Waals surface area contributed by atoms with E-state index in [1.807, 2.05) is 54.6 Å². The van der Waals surface area contributed by atoms with Gasteiger partial charge in [-0.3, -0.25) is 10.0 Å². The summed E-state index contributed by atoms with van der Waals surface area (Å²) in [5, 5.41) is 12.3. The summed E-state index contributed by atoms with van der Waals surface area (Å²) in [7, 11) is 0. The lowest BCUT2D eigenvalue weighted by atomic mass is 10.1. The van der Waals surface area contributed by atoms with Crippen LogP contribution in [-0.4, -0.2) is 21.1 Å². The zero-order valence-corrected chi connectivity index (χ0v) is 15.0. The Balaban J connectivity index is 1.63. The number of anilines is 1. The number of benzene rings is 2. The van der Waals surface area contributed by atoms with Crippen molar-refractivity contribution in [1.29, 1.82) is 0 Å². The van der Waals surface area contributed by atoms with E-state index in [-0.39, 0.29) is 0 Å². The molecule has 6 nitrogen and oxygen atoms in total. The van der Waals surface area contributed by atoms with E-state index in [9.17, 15) is 4.79 Å². The number of nitrogens with zero attached hydrogens (tertiary/aromatic N) is 2. The maximum atomic E-state index is 11.0. The van der Waals surface area contributed by atoms with Crippen molar-refractivity contribution in [3.8, 4) is 11.3 Å². The summed E-state index contributed by atoms with van der Waals surface area (Å²) in [6.07, 6.45) is 4.57. The van der Waals surface area contributed by atoms with Crippen LogP contribution in [-0.2, 0) is 11.3 Å². The van der Waals surface area contributed by atoms with Gasteiger partial charge in [0, 0.05) is 29.4 Å². The Morgan fingerprint density at radius 3 is 2.52 bits per heavy atom. The van der Waals surface area contributed by atoms with Gasteiger partial charge < -0.3 is 5.32 Å². The lowest BCUT2D eigenvalue weighted by Gasteiger charge is -2.07. The SMILES string of the molecule is O=C(C=Cc1ccc(CNc2nccc(-c3ccc(Cl)cc3)n2)cc1)NO. The first-order valence-electron chi connectivity index (χ1n) is 8.18.